The van der Waals surface area contributed by atoms with E-state index < -0.39 is 0 Å². The normalized spacial score (nSPS) is 15.3. The highest BCUT2D eigenvalue weighted by Crippen LogP contribution is 2.25. The zero-order valence-corrected chi connectivity index (χ0v) is 16.7. The lowest BCUT2D eigenvalue weighted by Gasteiger charge is -2.38. The lowest BCUT2D eigenvalue weighted by Crippen LogP contribution is -2.52. The van der Waals surface area contributed by atoms with Crippen LogP contribution in [0.5, 0.6) is 0 Å². The molecule has 146 valence electrons. The van der Waals surface area contributed by atoms with Gasteiger partial charge >= 0.3 is 0 Å². The van der Waals surface area contributed by atoms with Crippen molar-refractivity contribution in [3.05, 3.63) is 59.5 Å². The largest absolute Gasteiger partial charge is 0.367 e. The van der Waals surface area contributed by atoms with Crippen molar-refractivity contribution in [2.75, 3.05) is 44.7 Å². The monoisotopic (exact) mass is 397 g/mol. The second kappa shape index (κ2) is 8.48. The van der Waals surface area contributed by atoms with E-state index in [9.17, 15) is 0 Å². The maximum absolute atomic E-state index is 6.34. The highest BCUT2D eigenvalue weighted by Gasteiger charge is 2.21. The number of para-hydroxylation sites is 1. The fraction of sp³-hybridized carbons (Fsp3) is 0.350. The summed E-state index contributed by atoms with van der Waals surface area (Å²) in [6.45, 7) is 4.39. The van der Waals surface area contributed by atoms with Gasteiger partial charge in [-0.05, 0) is 24.3 Å². The Morgan fingerprint density at radius 2 is 1.86 bits per heavy atom. The summed E-state index contributed by atoms with van der Waals surface area (Å²) in [6.07, 6.45) is 2.78. The third-order valence-electron chi connectivity index (χ3n) is 5.00. The Labute approximate surface area is 169 Å². The van der Waals surface area contributed by atoms with Crippen LogP contribution in [0.2, 0.25) is 5.02 Å². The Morgan fingerprint density at radius 1 is 1.07 bits per heavy atom. The van der Waals surface area contributed by atoms with Crippen LogP contribution >= 0.6 is 11.6 Å². The van der Waals surface area contributed by atoms with E-state index in [1.165, 1.54) is 0 Å². The van der Waals surface area contributed by atoms with Gasteiger partial charge in [0.15, 0.2) is 11.6 Å². The maximum Gasteiger partial charge on any atom is 0.193 e. The van der Waals surface area contributed by atoms with Crippen LogP contribution < -0.4 is 10.2 Å². The van der Waals surface area contributed by atoms with E-state index in [1.807, 2.05) is 54.0 Å². The summed E-state index contributed by atoms with van der Waals surface area (Å²) in [5.74, 6) is 1.87. The number of benzene rings is 1. The topological polar surface area (TPSA) is 61.1 Å². The Bertz CT molecular complexity index is 960. The molecule has 0 saturated carbocycles. The third-order valence-corrected chi connectivity index (χ3v) is 5.32. The molecule has 28 heavy (non-hydrogen) atoms. The van der Waals surface area contributed by atoms with Crippen molar-refractivity contribution in [3.8, 4) is 0 Å². The summed E-state index contributed by atoms with van der Waals surface area (Å²) in [6, 6.07) is 13.9. The fourth-order valence-corrected chi connectivity index (χ4v) is 3.80. The second-order valence-electron chi connectivity index (χ2n) is 6.69. The van der Waals surface area contributed by atoms with Crippen molar-refractivity contribution < 1.29 is 0 Å². The molecule has 0 spiro atoms. The van der Waals surface area contributed by atoms with Crippen LogP contribution in [0, 0.1) is 0 Å². The Morgan fingerprint density at radius 3 is 2.64 bits per heavy atom. The van der Waals surface area contributed by atoms with Crippen LogP contribution in [-0.2, 0) is 6.42 Å². The average Bonchev–Trinajstić information content (AvgIpc) is 3.15. The summed E-state index contributed by atoms with van der Waals surface area (Å²) in [7, 11) is 1.83. The van der Waals surface area contributed by atoms with Crippen molar-refractivity contribution in [1.82, 2.24) is 24.8 Å². The molecule has 3 aromatic rings. The first-order chi connectivity index (χ1) is 13.8. The Hall–Kier alpha value is -2.80. The first-order valence-electron chi connectivity index (χ1n) is 9.50. The number of nitrogens with zero attached hydrogens (tertiary/aromatic N) is 6. The van der Waals surface area contributed by atoms with Crippen molar-refractivity contribution in [3.63, 3.8) is 0 Å². The molecule has 1 fully saturated rings. The van der Waals surface area contributed by atoms with Crippen LogP contribution in [0.3, 0.4) is 0 Å². The van der Waals surface area contributed by atoms with Crippen LogP contribution in [0.1, 0.15) is 5.82 Å². The summed E-state index contributed by atoms with van der Waals surface area (Å²) in [5.41, 5.74) is 1.98. The minimum Gasteiger partial charge on any atom is -0.367 e. The smallest absolute Gasteiger partial charge is 0.193 e. The summed E-state index contributed by atoms with van der Waals surface area (Å²) in [5, 5.41) is 12.7. The number of hydrogen-bond donors (Lipinski definition) is 1. The molecule has 3 heterocycles. The van der Waals surface area contributed by atoms with E-state index in [0.717, 1.165) is 67.3 Å². The van der Waals surface area contributed by atoms with Gasteiger partial charge in [-0.2, -0.15) is 0 Å². The molecular weight excluding hydrogens is 374 g/mol. The number of piperazine rings is 1. The first-order valence-corrected chi connectivity index (χ1v) is 9.88. The van der Waals surface area contributed by atoms with Crippen LogP contribution in [0.25, 0.3) is 5.65 Å². The van der Waals surface area contributed by atoms with Gasteiger partial charge in [-0.3, -0.25) is 9.39 Å². The number of pyridine rings is 1. The minimum absolute atomic E-state index is 0.757. The number of anilines is 1. The average molecular weight is 398 g/mol. The Balaban J connectivity index is 1.31. The molecule has 1 aromatic carbocycles. The van der Waals surface area contributed by atoms with E-state index in [1.54, 1.807) is 0 Å². The van der Waals surface area contributed by atoms with Gasteiger partial charge < -0.3 is 15.1 Å². The lowest BCUT2D eigenvalue weighted by atomic mass is 10.2. The number of nitrogens with one attached hydrogen (secondary N) is 1. The quantitative estimate of drug-likeness (QED) is 0.540. The highest BCUT2D eigenvalue weighted by atomic mass is 35.5. The highest BCUT2D eigenvalue weighted by molar-refractivity contribution is 6.33. The number of rotatable bonds is 4. The molecule has 0 aliphatic carbocycles. The van der Waals surface area contributed by atoms with Gasteiger partial charge in [0, 0.05) is 52.4 Å². The maximum atomic E-state index is 6.34. The van der Waals surface area contributed by atoms with Gasteiger partial charge in [0.2, 0.25) is 0 Å². The minimum atomic E-state index is 0.757. The zero-order chi connectivity index (χ0) is 19.3. The van der Waals surface area contributed by atoms with Gasteiger partial charge in [-0.1, -0.05) is 29.8 Å². The molecule has 7 nitrogen and oxygen atoms in total. The number of halogens is 1. The van der Waals surface area contributed by atoms with Crippen LogP contribution in [0.4, 0.5) is 5.69 Å². The molecular formula is C20H24ClN7. The molecule has 2 aromatic heterocycles. The molecule has 1 saturated heterocycles. The first kappa shape index (κ1) is 18.6. The SMILES string of the molecule is CN=C(NCCc1nnc2ccccn12)N1CCN(c2ccccc2Cl)CC1. The van der Waals surface area contributed by atoms with E-state index in [0.29, 0.717) is 0 Å². The van der Waals surface area contributed by atoms with E-state index in [2.05, 4.69) is 36.4 Å². The van der Waals surface area contributed by atoms with E-state index >= 15 is 0 Å². The van der Waals surface area contributed by atoms with Crippen LogP contribution in [-0.4, -0.2) is 65.2 Å². The zero-order valence-electron chi connectivity index (χ0n) is 15.9. The van der Waals surface area contributed by atoms with E-state index in [4.69, 9.17) is 11.6 Å². The number of guanidine groups is 1. The molecule has 1 aliphatic rings. The summed E-state index contributed by atoms with van der Waals surface area (Å²) < 4.78 is 2.02. The third kappa shape index (κ3) is 3.89. The number of aliphatic imine (C=N–C) groups is 1. The van der Waals surface area contributed by atoms with Gasteiger partial charge in [0.25, 0.3) is 0 Å². The lowest BCUT2D eigenvalue weighted by molar-refractivity contribution is 0.373. The van der Waals surface area contributed by atoms with Crippen molar-refractivity contribution in [2.24, 2.45) is 4.99 Å². The van der Waals surface area contributed by atoms with Crippen molar-refractivity contribution in [1.29, 1.82) is 0 Å². The molecule has 8 heteroatoms. The predicted molar refractivity (Wildman–Crippen MR) is 113 cm³/mol. The summed E-state index contributed by atoms with van der Waals surface area (Å²) in [4.78, 5) is 9.07. The van der Waals surface area contributed by atoms with Crippen molar-refractivity contribution >= 4 is 28.9 Å². The molecule has 0 amide bonds. The molecule has 0 unspecified atom stereocenters. The number of fused-ring (bicyclic) bond motifs is 1. The van der Waals surface area contributed by atoms with E-state index in [-0.39, 0.29) is 0 Å². The molecule has 1 N–H and O–H groups in total. The molecule has 4 rings (SSSR count). The Kier molecular flexibility index (Phi) is 5.62. The molecule has 0 radical (unpaired) electrons. The standard InChI is InChI=1S/C20H24ClN7/c1-22-20(23-10-9-19-25-24-18-8-4-5-11-28(18)19)27-14-12-26(13-15-27)17-7-3-2-6-16(17)21/h2-8,11H,9-10,12-15H2,1H3,(H,22,23). The summed E-state index contributed by atoms with van der Waals surface area (Å²) >= 11 is 6.34. The van der Waals surface area contributed by atoms with Gasteiger partial charge in [0.05, 0.1) is 10.7 Å². The number of aromatic nitrogens is 3. The fourth-order valence-electron chi connectivity index (χ4n) is 3.55. The van der Waals surface area contributed by atoms with Gasteiger partial charge in [-0.25, -0.2) is 0 Å². The van der Waals surface area contributed by atoms with Gasteiger partial charge in [0.1, 0.15) is 5.82 Å². The van der Waals surface area contributed by atoms with Gasteiger partial charge in [-0.15, -0.1) is 10.2 Å². The molecule has 1 aliphatic heterocycles. The predicted octanol–water partition coefficient (Wildman–Crippen LogP) is 2.32. The molecule has 0 atom stereocenters. The number of hydrogen-bond acceptors (Lipinski definition) is 4. The van der Waals surface area contributed by atoms with Crippen LogP contribution in [0.15, 0.2) is 53.7 Å². The second-order valence-corrected chi connectivity index (χ2v) is 7.10. The van der Waals surface area contributed by atoms with Crippen molar-refractivity contribution in [2.45, 2.75) is 6.42 Å². The molecule has 0 bridgehead atoms.